The molecule has 1 amide bonds. The van der Waals surface area contributed by atoms with E-state index < -0.39 is 5.60 Å². The third-order valence-electron chi connectivity index (χ3n) is 2.24. The van der Waals surface area contributed by atoms with Crippen molar-refractivity contribution >= 4 is 11.9 Å². The maximum Gasteiger partial charge on any atom is 0.416 e. The van der Waals surface area contributed by atoms with E-state index in [1.54, 1.807) is 11.1 Å². The van der Waals surface area contributed by atoms with Crippen LogP contribution in [0.2, 0.25) is 0 Å². The first-order valence-electron chi connectivity index (χ1n) is 5.27. The second-order valence-corrected chi connectivity index (χ2v) is 4.75. The Hall–Kier alpha value is -1.65. The number of fused-ring (bicyclic) bond motifs is 1. The lowest BCUT2D eigenvalue weighted by molar-refractivity contribution is 0.0583. The molecule has 1 aliphatic rings. The zero-order valence-electron chi connectivity index (χ0n) is 9.73. The first kappa shape index (κ1) is 10.9. The number of nitrogens with zero attached hydrogens (tertiary/aromatic N) is 3. The molecule has 1 aliphatic heterocycles. The average molecular weight is 221 g/mol. The van der Waals surface area contributed by atoms with Crippen molar-refractivity contribution in [2.24, 2.45) is 0 Å². The Morgan fingerprint density at radius 3 is 2.94 bits per heavy atom. The Morgan fingerprint density at radius 1 is 1.50 bits per heavy atom. The van der Waals surface area contributed by atoms with Gasteiger partial charge in [0.2, 0.25) is 0 Å². The van der Waals surface area contributed by atoms with Crippen molar-refractivity contribution in [1.82, 2.24) is 9.97 Å². The van der Waals surface area contributed by atoms with Crippen LogP contribution in [0.4, 0.5) is 10.6 Å². The monoisotopic (exact) mass is 221 g/mol. The van der Waals surface area contributed by atoms with Gasteiger partial charge in [-0.2, -0.15) is 0 Å². The third-order valence-corrected chi connectivity index (χ3v) is 2.24. The van der Waals surface area contributed by atoms with Crippen molar-refractivity contribution in [2.75, 3.05) is 11.4 Å². The van der Waals surface area contributed by atoms with Gasteiger partial charge in [0.1, 0.15) is 17.7 Å². The van der Waals surface area contributed by atoms with Crippen LogP contribution in [-0.4, -0.2) is 28.2 Å². The van der Waals surface area contributed by atoms with Gasteiger partial charge in [0, 0.05) is 18.3 Å². The van der Waals surface area contributed by atoms with Gasteiger partial charge in [-0.1, -0.05) is 0 Å². The zero-order valence-corrected chi connectivity index (χ0v) is 9.73. The third kappa shape index (κ3) is 2.13. The Labute approximate surface area is 94.5 Å². The van der Waals surface area contributed by atoms with E-state index in [-0.39, 0.29) is 6.09 Å². The molecular weight excluding hydrogens is 206 g/mol. The summed E-state index contributed by atoms with van der Waals surface area (Å²) in [6, 6.07) is 0. The minimum atomic E-state index is -0.479. The van der Waals surface area contributed by atoms with E-state index in [0.29, 0.717) is 12.4 Å². The molecule has 0 radical (unpaired) electrons. The summed E-state index contributed by atoms with van der Waals surface area (Å²) in [5, 5.41) is 0. The molecule has 0 unspecified atom stereocenters. The predicted octanol–water partition coefficient (Wildman–Crippen LogP) is 1.77. The summed E-state index contributed by atoms with van der Waals surface area (Å²) in [5.41, 5.74) is 0.515. The quantitative estimate of drug-likeness (QED) is 0.670. The molecule has 0 aliphatic carbocycles. The lowest BCUT2D eigenvalue weighted by atomic mass is 10.2. The maximum absolute atomic E-state index is 11.9. The summed E-state index contributed by atoms with van der Waals surface area (Å²) in [6.45, 7) is 6.16. The minimum Gasteiger partial charge on any atom is -0.443 e. The van der Waals surface area contributed by atoms with E-state index in [2.05, 4.69) is 9.97 Å². The Kier molecular flexibility index (Phi) is 2.53. The van der Waals surface area contributed by atoms with Crippen molar-refractivity contribution in [3.63, 3.8) is 0 Å². The van der Waals surface area contributed by atoms with Crippen molar-refractivity contribution in [3.05, 3.63) is 18.1 Å². The summed E-state index contributed by atoms with van der Waals surface area (Å²) >= 11 is 0. The SMILES string of the molecule is CC(C)(C)OC(=O)N1CCc2cncnc21. The number of amides is 1. The number of rotatable bonds is 0. The van der Waals surface area contributed by atoms with E-state index in [1.165, 1.54) is 6.33 Å². The second kappa shape index (κ2) is 3.73. The number of hydrogen-bond acceptors (Lipinski definition) is 4. The van der Waals surface area contributed by atoms with Gasteiger partial charge in [-0.15, -0.1) is 0 Å². The number of ether oxygens (including phenoxy) is 1. The van der Waals surface area contributed by atoms with Gasteiger partial charge in [0.05, 0.1) is 0 Å². The topological polar surface area (TPSA) is 55.3 Å². The Morgan fingerprint density at radius 2 is 2.25 bits per heavy atom. The van der Waals surface area contributed by atoms with Crippen LogP contribution in [0.5, 0.6) is 0 Å². The highest BCUT2D eigenvalue weighted by Gasteiger charge is 2.29. The van der Waals surface area contributed by atoms with E-state index in [4.69, 9.17) is 4.74 Å². The summed E-state index contributed by atoms with van der Waals surface area (Å²) in [4.78, 5) is 21.5. The molecule has 16 heavy (non-hydrogen) atoms. The highest BCUT2D eigenvalue weighted by molar-refractivity contribution is 5.88. The predicted molar refractivity (Wildman–Crippen MR) is 59.3 cm³/mol. The molecule has 0 atom stereocenters. The van der Waals surface area contributed by atoms with Crippen LogP contribution in [0.25, 0.3) is 0 Å². The first-order valence-corrected chi connectivity index (χ1v) is 5.27. The van der Waals surface area contributed by atoms with Crippen LogP contribution >= 0.6 is 0 Å². The number of aromatic nitrogens is 2. The molecule has 1 aromatic heterocycles. The van der Waals surface area contributed by atoms with Crippen molar-refractivity contribution in [3.8, 4) is 0 Å². The van der Waals surface area contributed by atoms with Gasteiger partial charge in [-0.25, -0.2) is 14.8 Å². The van der Waals surface area contributed by atoms with Crippen molar-refractivity contribution in [2.45, 2.75) is 32.8 Å². The number of anilines is 1. The highest BCUT2D eigenvalue weighted by atomic mass is 16.6. The summed E-state index contributed by atoms with van der Waals surface area (Å²) in [6.07, 6.45) is 3.63. The smallest absolute Gasteiger partial charge is 0.416 e. The molecule has 0 N–H and O–H groups in total. The zero-order chi connectivity index (χ0) is 11.8. The van der Waals surface area contributed by atoms with Crippen molar-refractivity contribution in [1.29, 1.82) is 0 Å². The van der Waals surface area contributed by atoms with E-state index in [0.717, 1.165) is 12.0 Å². The average Bonchev–Trinajstić information content (AvgIpc) is 2.58. The molecule has 0 saturated carbocycles. The van der Waals surface area contributed by atoms with E-state index >= 15 is 0 Å². The molecule has 0 fully saturated rings. The molecule has 2 rings (SSSR count). The summed E-state index contributed by atoms with van der Waals surface area (Å²) < 4.78 is 5.31. The number of hydrogen-bond donors (Lipinski definition) is 0. The second-order valence-electron chi connectivity index (χ2n) is 4.75. The summed E-state index contributed by atoms with van der Waals surface area (Å²) in [5.74, 6) is 0.671. The van der Waals surface area contributed by atoms with Crippen LogP contribution < -0.4 is 4.90 Å². The summed E-state index contributed by atoms with van der Waals surface area (Å²) in [7, 11) is 0. The molecule has 1 aromatic rings. The highest BCUT2D eigenvalue weighted by Crippen LogP contribution is 2.25. The maximum atomic E-state index is 11.9. The van der Waals surface area contributed by atoms with Crippen LogP contribution in [0.3, 0.4) is 0 Å². The standard InChI is InChI=1S/C11H15N3O2/c1-11(2,3)16-10(15)14-5-4-8-6-12-7-13-9(8)14/h6-7H,4-5H2,1-3H3. The van der Waals surface area contributed by atoms with E-state index in [1.807, 2.05) is 20.8 Å². The van der Waals surface area contributed by atoms with Crippen LogP contribution in [0.15, 0.2) is 12.5 Å². The fourth-order valence-corrected chi connectivity index (χ4v) is 1.60. The Bertz CT molecular complexity index is 412. The first-order chi connectivity index (χ1) is 7.47. The molecule has 86 valence electrons. The lowest BCUT2D eigenvalue weighted by Gasteiger charge is -2.24. The molecule has 0 saturated heterocycles. The van der Waals surface area contributed by atoms with Gasteiger partial charge >= 0.3 is 6.09 Å². The number of carbonyl (C=O) groups is 1. The van der Waals surface area contributed by atoms with Crippen molar-refractivity contribution < 1.29 is 9.53 Å². The molecule has 5 nitrogen and oxygen atoms in total. The van der Waals surface area contributed by atoms with Crippen LogP contribution in [-0.2, 0) is 11.2 Å². The molecule has 2 heterocycles. The Balaban J connectivity index is 2.16. The fourth-order valence-electron chi connectivity index (χ4n) is 1.60. The minimum absolute atomic E-state index is 0.343. The van der Waals surface area contributed by atoms with Gasteiger partial charge < -0.3 is 4.74 Å². The molecule has 0 spiro atoms. The van der Waals surface area contributed by atoms with Crippen LogP contribution in [0, 0.1) is 0 Å². The van der Waals surface area contributed by atoms with Gasteiger partial charge in [0.15, 0.2) is 0 Å². The van der Waals surface area contributed by atoms with Gasteiger partial charge in [-0.05, 0) is 27.2 Å². The normalized spacial score (nSPS) is 14.8. The fraction of sp³-hybridized carbons (Fsp3) is 0.545. The molecule has 5 heteroatoms. The van der Waals surface area contributed by atoms with Gasteiger partial charge in [-0.3, -0.25) is 4.90 Å². The molecule has 0 bridgehead atoms. The largest absolute Gasteiger partial charge is 0.443 e. The lowest BCUT2D eigenvalue weighted by Crippen LogP contribution is -2.36. The van der Waals surface area contributed by atoms with Gasteiger partial charge in [0.25, 0.3) is 0 Å². The number of carbonyl (C=O) groups excluding carboxylic acids is 1. The van der Waals surface area contributed by atoms with Crippen LogP contribution in [0.1, 0.15) is 26.3 Å². The van der Waals surface area contributed by atoms with E-state index in [9.17, 15) is 4.79 Å². The molecular formula is C11H15N3O2. The molecule has 0 aromatic carbocycles.